The molecule has 0 bridgehead atoms. The lowest BCUT2D eigenvalue weighted by Gasteiger charge is -2.22. The molecule has 1 fully saturated rings. The number of carbonyl (C=O) groups is 2. The standard InChI is InChI=1S/C17H26O5/c1-2-17(20)22-13-12-21-15(14-8-7-9-14)10-5-3-4-6-11-16(18)19/h2H,1,3-13H2,(H,18,19). The maximum Gasteiger partial charge on any atom is 0.330 e. The van der Waals surface area contributed by atoms with Crippen LogP contribution in [0.4, 0.5) is 0 Å². The van der Waals surface area contributed by atoms with Crippen molar-refractivity contribution >= 4 is 11.9 Å². The molecule has 0 atom stereocenters. The minimum Gasteiger partial charge on any atom is -0.494 e. The smallest absolute Gasteiger partial charge is 0.330 e. The summed E-state index contributed by atoms with van der Waals surface area (Å²) in [4.78, 5) is 21.4. The molecule has 0 radical (unpaired) electrons. The van der Waals surface area contributed by atoms with E-state index in [0.29, 0.717) is 6.61 Å². The number of ether oxygens (including phenoxy) is 2. The second-order valence-corrected chi connectivity index (χ2v) is 5.41. The average molecular weight is 310 g/mol. The first-order chi connectivity index (χ1) is 10.6. The van der Waals surface area contributed by atoms with Crippen molar-refractivity contribution in [2.75, 3.05) is 13.2 Å². The van der Waals surface area contributed by atoms with Crippen molar-refractivity contribution in [1.82, 2.24) is 0 Å². The van der Waals surface area contributed by atoms with E-state index in [9.17, 15) is 9.59 Å². The lowest BCUT2D eigenvalue weighted by molar-refractivity contribution is -0.139. The van der Waals surface area contributed by atoms with Crippen molar-refractivity contribution in [3.63, 3.8) is 0 Å². The number of hydrogen-bond acceptors (Lipinski definition) is 4. The summed E-state index contributed by atoms with van der Waals surface area (Å²) in [6.07, 6.45) is 9.38. The fraction of sp³-hybridized carbons (Fsp3) is 0.647. The summed E-state index contributed by atoms with van der Waals surface area (Å²) in [5, 5.41) is 8.58. The van der Waals surface area contributed by atoms with E-state index >= 15 is 0 Å². The Kier molecular flexibility index (Phi) is 9.03. The first kappa shape index (κ1) is 18.3. The van der Waals surface area contributed by atoms with E-state index in [1.165, 1.54) is 12.0 Å². The Labute approximate surface area is 132 Å². The Balaban J connectivity index is 2.18. The molecule has 0 aromatic rings. The van der Waals surface area contributed by atoms with Gasteiger partial charge in [0.25, 0.3) is 0 Å². The van der Waals surface area contributed by atoms with Gasteiger partial charge in [0.1, 0.15) is 13.2 Å². The number of carbonyl (C=O) groups excluding carboxylic acids is 1. The maximum absolute atomic E-state index is 10.9. The van der Waals surface area contributed by atoms with E-state index in [0.717, 1.165) is 56.8 Å². The summed E-state index contributed by atoms with van der Waals surface area (Å²) in [5.41, 5.74) is 1.38. The molecule has 1 rings (SSSR count). The van der Waals surface area contributed by atoms with Crippen LogP contribution >= 0.6 is 0 Å². The molecular formula is C17H26O5. The second-order valence-electron chi connectivity index (χ2n) is 5.41. The van der Waals surface area contributed by atoms with Gasteiger partial charge in [0.05, 0.1) is 5.76 Å². The number of hydrogen-bond donors (Lipinski definition) is 1. The summed E-state index contributed by atoms with van der Waals surface area (Å²) in [7, 11) is 0. The molecule has 124 valence electrons. The van der Waals surface area contributed by atoms with Crippen LogP contribution in [0.15, 0.2) is 24.0 Å². The molecule has 5 nitrogen and oxygen atoms in total. The van der Waals surface area contributed by atoms with Crippen LogP contribution in [0.1, 0.15) is 57.8 Å². The van der Waals surface area contributed by atoms with E-state index in [1.54, 1.807) is 0 Å². The van der Waals surface area contributed by atoms with Crippen molar-refractivity contribution in [3.05, 3.63) is 24.0 Å². The highest BCUT2D eigenvalue weighted by atomic mass is 16.6. The summed E-state index contributed by atoms with van der Waals surface area (Å²) in [6, 6.07) is 0. The highest BCUT2D eigenvalue weighted by Gasteiger charge is 2.15. The van der Waals surface area contributed by atoms with Crippen LogP contribution in [0.3, 0.4) is 0 Å². The van der Waals surface area contributed by atoms with Gasteiger partial charge >= 0.3 is 11.9 Å². The summed E-state index contributed by atoms with van der Waals surface area (Å²) >= 11 is 0. The van der Waals surface area contributed by atoms with Gasteiger partial charge in [0.15, 0.2) is 0 Å². The zero-order chi connectivity index (χ0) is 16.2. The quantitative estimate of drug-likeness (QED) is 0.258. The lowest BCUT2D eigenvalue weighted by Crippen LogP contribution is -2.11. The molecule has 1 aliphatic rings. The van der Waals surface area contributed by atoms with E-state index < -0.39 is 11.9 Å². The molecule has 0 saturated heterocycles. The van der Waals surface area contributed by atoms with Crippen LogP contribution in [0.25, 0.3) is 0 Å². The number of allylic oxidation sites excluding steroid dienone is 2. The van der Waals surface area contributed by atoms with E-state index in [2.05, 4.69) is 6.58 Å². The predicted octanol–water partition coefficient (Wildman–Crippen LogP) is 3.60. The summed E-state index contributed by atoms with van der Waals surface area (Å²) in [6.45, 7) is 3.95. The van der Waals surface area contributed by atoms with Crippen molar-refractivity contribution in [2.45, 2.75) is 57.8 Å². The van der Waals surface area contributed by atoms with Crippen LogP contribution in [0, 0.1) is 0 Å². The first-order valence-corrected chi connectivity index (χ1v) is 7.98. The summed E-state index contributed by atoms with van der Waals surface area (Å²) in [5.74, 6) is -0.117. The zero-order valence-corrected chi connectivity index (χ0v) is 13.1. The third-order valence-corrected chi connectivity index (χ3v) is 3.67. The SMILES string of the molecule is C=CC(=O)OCCOC(CCCCCCC(=O)O)=C1CCC1. The normalized spacial score (nSPS) is 13.2. The number of carboxylic acid groups (broad SMARTS) is 1. The molecule has 0 spiro atoms. The van der Waals surface area contributed by atoms with E-state index in [4.69, 9.17) is 14.6 Å². The topological polar surface area (TPSA) is 72.8 Å². The van der Waals surface area contributed by atoms with Gasteiger partial charge in [0.2, 0.25) is 0 Å². The van der Waals surface area contributed by atoms with Crippen LogP contribution in [-0.4, -0.2) is 30.3 Å². The van der Waals surface area contributed by atoms with Gasteiger partial charge in [-0.15, -0.1) is 0 Å². The highest BCUT2D eigenvalue weighted by molar-refractivity contribution is 5.81. The Morgan fingerprint density at radius 3 is 2.23 bits per heavy atom. The number of rotatable bonds is 12. The van der Waals surface area contributed by atoms with Gasteiger partial charge in [-0.2, -0.15) is 0 Å². The number of esters is 1. The molecule has 0 aromatic carbocycles. The Bertz CT molecular complexity index is 405. The molecule has 0 heterocycles. The van der Waals surface area contributed by atoms with Gasteiger partial charge < -0.3 is 14.6 Å². The van der Waals surface area contributed by atoms with E-state index in [1.807, 2.05) is 0 Å². The van der Waals surface area contributed by atoms with Gasteiger partial charge in [-0.3, -0.25) is 4.79 Å². The molecule has 22 heavy (non-hydrogen) atoms. The van der Waals surface area contributed by atoms with Crippen molar-refractivity contribution in [2.24, 2.45) is 0 Å². The Morgan fingerprint density at radius 2 is 1.68 bits per heavy atom. The van der Waals surface area contributed by atoms with Crippen LogP contribution < -0.4 is 0 Å². The molecule has 5 heteroatoms. The maximum atomic E-state index is 10.9. The van der Waals surface area contributed by atoms with Crippen molar-refractivity contribution in [1.29, 1.82) is 0 Å². The predicted molar refractivity (Wildman–Crippen MR) is 83.3 cm³/mol. The van der Waals surface area contributed by atoms with Crippen LogP contribution in [0.2, 0.25) is 0 Å². The van der Waals surface area contributed by atoms with Crippen LogP contribution in [-0.2, 0) is 19.1 Å². The number of carboxylic acids is 1. The molecule has 0 aliphatic heterocycles. The molecule has 1 aliphatic carbocycles. The molecular weight excluding hydrogens is 284 g/mol. The average Bonchev–Trinajstić information content (AvgIpc) is 2.44. The van der Waals surface area contributed by atoms with Crippen LogP contribution in [0.5, 0.6) is 0 Å². The molecule has 0 aromatic heterocycles. The largest absolute Gasteiger partial charge is 0.494 e. The molecule has 0 amide bonds. The Hall–Kier alpha value is -1.78. The third-order valence-electron chi connectivity index (χ3n) is 3.67. The van der Waals surface area contributed by atoms with Gasteiger partial charge in [-0.05, 0) is 37.7 Å². The minimum absolute atomic E-state index is 0.236. The molecule has 1 N–H and O–H groups in total. The lowest BCUT2D eigenvalue weighted by atomic mass is 9.90. The summed E-state index contributed by atoms with van der Waals surface area (Å²) < 4.78 is 10.7. The minimum atomic E-state index is -0.727. The van der Waals surface area contributed by atoms with E-state index in [-0.39, 0.29) is 13.0 Å². The second kappa shape index (κ2) is 10.9. The molecule has 0 unspecified atom stereocenters. The zero-order valence-electron chi connectivity index (χ0n) is 13.1. The number of unbranched alkanes of at least 4 members (excludes halogenated alkanes) is 3. The first-order valence-electron chi connectivity index (χ1n) is 7.98. The van der Waals surface area contributed by atoms with Gasteiger partial charge in [0, 0.05) is 18.9 Å². The monoisotopic (exact) mass is 310 g/mol. The molecule has 1 saturated carbocycles. The van der Waals surface area contributed by atoms with Crippen molar-refractivity contribution < 1.29 is 24.2 Å². The highest BCUT2D eigenvalue weighted by Crippen LogP contribution is 2.31. The van der Waals surface area contributed by atoms with Crippen molar-refractivity contribution in [3.8, 4) is 0 Å². The fourth-order valence-corrected chi connectivity index (χ4v) is 2.26. The third kappa shape index (κ3) is 7.86. The van der Waals surface area contributed by atoms with Gasteiger partial charge in [-0.25, -0.2) is 4.79 Å². The van der Waals surface area contributed by atoms with Gasteiger partial charge in [-0.1, -0.05) is 19.4 Å². The number of aliphatic carboxylic acids is 1. The fourth-order valence-electron chi connectivity index (χ4n) is 2.26. The Morgan fingerprint density at radius 1 is 1.05 bits per heavy atom.